The number of aromatic hydroxyl groups is 1. The van der Waals surface area contributed by atoms with Gasteiger partial charge in [0.15, 0.2) is 0 Å². The molecule has 1 atom stereocenters. The molecule has 1 N–H and O–H groups in total. The molecular formula is C19H21Cl2NO. The van der Waals surface area contributed by atoms with Crippen LogP contribution in [-0.4, -0.2) is 29.6 Å². The quantitative estimate of drug-likeness (QED) is 0.815. The van der Waals surface area contributed by atoms with Gasteiger partial charge in [-0.3, -0.25) is 4.90 Å². The van der Waals surface area contributed by atoms with Crippen LogP contribution in [0.2, 0.25) is 5.02 Å². The maximum Gasteiger partial charge on any atom is 0.134 e. The molecule has 0 fully saturated rings. The molecule has 1 heterocycles. The second kappa shape index (κ2) is 7.87. The van der Waals surface area contributed by atoms with Crippen LogP contribution in [0, 0.1) is 0 Å². The smallest absolute Gasteiger partial charge is 0.134 e. The molecule has 2 aromatic rings. The third-order valence-corrected chi connectivity index (χ3v) is 4.61. The first-order chi connectivity index (χ1) is 10.7. The van der Waals surface area contributed by atoms with Gasteiger partial charge in [0.2, 0.25) is 0 Å². The van der Waals surface area contributed by atoms with Crippen molar-refractivity contribution in [3.05, 3.63) is 76.8 Å². The lowest BCUT2D eigenvalue weighted by Gasteiger charge is -2.24. The van der Waals surface area contributed by atoms with Crippen molar-refractivity contribution < 1.29 is 5.11 Å². The van der Waals surface area contributed by atoms with Crippen LogP contribution in [0.1, 0.15) is 22.6 Å². The van der Waals surface area contributed by atoms with E-state index in [4.69, 9.17) is 11.6 Å². The summed E-state index contributed by atoms with van der Waals surface area (Å²) in [6, 6.07) is 14.2. The molecule has 1 aliphatic rings. The number of nitrogens with zero attached hydrogens (tertiary/aromatic N) is 1. The summed E-state index contributed by atoms with van der Waals surface area (Å²) in [5.74, 6) is 0.403. The molecule has 0 aromatic heterocycles. The summed E-state index contributed by atoms with van der Waals surface area (Å²) in [4.78, 5) is 2.40. The summed E-state index contributed by atoms with van der Waals surface area (Å²) in [6.45, 7) is 6.63. The minimum atomic E-state index is 0. The largest absolute Gasteiger partial charge is 0.506 e. The van der Waals surface area contributed by atoms with Crippen molar-refractivity contribution >= 4 is 24.0 Å². The van der Waals surface area contributed by atoms with E-state index >= 15 is 0 Å². The summed E-state index contributed by atoms with van der Waals surface area (Å²) in [6.07, 6.45) is 2.88. The number of phenolic OH excluding ortho intramolecular Hbond substituents is 1. The van der Waals surface area contributed by atoms with E-state index in [9.17, 15) is 5.11 Å². The summed E-state index contributed by atoms with van der Waals surface area (Å²) in [5, 5.41) is 10.5. The monoisotopic (exact) mass is 349 g/mol. The Bertz CT molecular complexity index is 673. The van der Waals surface area contributed by atoms with E-state index in [0.29, 0.717) is 5.02 Å². The molecule has 0 saturated carbocycles. The molecular weight excluding hydrogens is 329 g/mol. The van der Waals surface area contributed by atoms with Crippen molar-refractivity contribution in [3.63, 3.8) is 0 Å². The molecule has 0 bridgehead atoms. The molecule has 3 rings (SSSR count). The van der Waals surface area contributed by atoms with Crippen LogP contribution in [0.25, 0.3) is 0 Å². The maximum atomic E-state index is 10.0. The lowest BCUT2D eigenvalue weighted by molar-refractivity contribution is 0.306. The molecule has 2 aromatic carbocycles. The number of benzene rings is 2. The van der Waals surface area contributed by atoms with Gasteiger partial charge in [-0.05, 0) is 35.2 Å². The van der Waals surface area contributed by atoms with Crippen LogP contribution in [0.4, 0.5) is 0 Å². The average molecular weight is 350 g/mol. The predicted molar refractivity (Wildman–Crippen MR) is 99.0 cm³/mol. The Hall–Kier alpha value is -1.48. The molecule has 0 spiro atoms. The van der Waals surface area contributed by atoms with Gasteiger partial charge < -0.3 is 5.11 Å². The van der Waals surface area contributed by atoms with Gasteiger partial charge in [0, 0.05) is 25.6 Å². The van der Waals surface area contributed by atoms with Gasteiger partial charge in [0.25, 0.3) is 0 Å². The van der Waals surface area contributed by atoms with Crippen LogP contribution >= 0.6 is 24.0 Å². The van der Waals surface area contributed by atoms with Gasteiger partial charge in [-0.1, -0.05) is 48.0 Å². The molecule has 2 nitrogen and oxygen atoms in total. The second-order valence-electron chi connectivity index (χ2n) is 5.76. The highest BCUT2D eigenvalue weighted by Gasteiger charge is 2.25. The number of hydrogen-bond donors (Lipinski definition) is 1. The van der Waals surface area contributed by atoms with E-state index in [1.165, 1.54) is 16.7 Å². The lowest BCUT2D eigenvalue weighted by atomic mass is 9.88. The number of rotatable bonds is 3. The van der Waals surface area contributed by atoms with Crippen LogP contribution in [-0.2, 0) is 6.42 Å². The Labute approximate surface area is 148 Å². The van der Waals surface area contributed by atoms with Crippen molar-refractivity contribution in [3.8, 4) is 5.75 Å². The summed E-state index contributed by atoms with van der Waals surface area (Å²) >= 11 is 6.11. The SMILES string of the molecule is C=CCN1CCc2cc(Cl)c(O)cc2C(c2ccccc2)C1.Cl. The highest BCUT2D eigenvalue weighted by atomic mass is 35.5. The Kier molecular flexibility index (Phi) is 6.11. The van der Waals surface area contributed by atoms with Gasteiger partial charge in [-0.25, -0.2) is 0 Å². The Morgan fingerprint density at radius 2 is 2.00 bits per heavy atom. The third-order valence-electron chi connectivity index (χ3n) is 4.31. The molecule has 1 aliphatic heterocycles. The zero-order valence-corrected chi connectivity index (χ0v) is 14.5. The minimum absolute atomic E-state index is 0. The van der Waals surface area contributed by atoms with Crippen molar-refractivity contribution in [1.82, 2.24) is 4.90 Å². The van der Waals surface area contributed by atoms with Gasteiger partial charge in [-0.2, -0.15) is 0 Å². The summed E-state index contributed by atoms with van der Waals surface area (Å²) in [5.41, 5.74) is 3.67. The first-order valence-corrected chi connectivity index (χ1v) is 7.96. The third kappa shape index (κ3) is 3.89. The van der Waals surface area contributed by atoms with Crippen LogP contribution in [0.5, 0.6) is 5.75 Å². The van der Waals surface area contributed by atoms with E-state index in [2.05, 4.69) is 35.7 Å². The predicted octanol–water partition coefficient (Wildman–Crippen LogP) is 4.64. The normalized spacial score (nSPS) is 17.7. The molecule has 23 heavy (non-hydrogen) atoms. The first-order valence-electron chi connectivity index (χ1n) is 7.58. The highest BCUT2D eigenvalue weighted by Crippen LogP contribution is 2.36. The fourth-order valence-corrected chi connectivity index (χ4v) is 3.39. The first kappa shape index (κ1) is 17.9. The average Bonchev–Trinajstić information content (AvgIpc) is 2.70. The number of halogens is 2. The van der Waals surface area contributed by atoms with E-state index in [0.717, 1.165) is 26.1 Å². The van der Waals surface area contributed by atoms with E-state index in [1.807, 2.05) is 24.3 Å². The van der Waals surface area contributed by atoms with Crippen LogP contribution in [0.15, 0.2) is 55.1 Å². The van der Waals surface area contributed by atoms with Crippen LogP contribution in [0.3, 0.4) is 0 Å². The minimum Gasteiger partial charge on any atom is -0.506 e. The molecule has 0 radical (unpaired) electrons. The Morgan fingerprint density at radius 1 is 1.26 bits per heavy atom. The molecule has 0 aliphatic carbocycles. The van der Waals surface area contributed by atoms with Crippen molar-refractivity contribution in [2.24, 2.45) is 0 Å². The van der Waals surface area contributed by atoms with Crippen molar-refractivity contribution in [2.75, 3.05) is 19.6 Å². The van der Waals surface area contributed by atoms with E-state index < -0.39 is 0 Å². The molecule has 1 unspecified atom stereocenters. The lowest BCUT2D eigenvalue weighted by Crippen LogP contribution is -2.28. The number of hydrogen-bond acceptors (Lipinski definition) is 2. The van der Waals surface area contributed by atoms with Crippen molar-refractivity contribution in [2.45, 2.75) is 12.3 Å². The molecule has 4 heteroatoms. The van der Waals surface area contributed by atoms with E-state index in [-0.39, 0.29) is 24.1 Å². The van der Waals surface area contributed by atoms with Gasteiger partial charge in [-0.15, -0.1) is 19.0 Å². The highest BCUT2D eigenvalue weighted by molar-refractivity contribution is 6.32. The fourth-order valence-electron chi connectivity index (χ4n) is 3.21. The molecule has 122 valence electrons. The summed E-state index contributed by atoms with van der Waals surface area (Å²) < 4.78 is 0. The van der Waals surface area contributed by atoms with Gasteiger partial charge >= 0.3 is 0 Å². The molecule has 0 saturated heterocycles. The topological polar surface area (TPSA) is 23.5 Å². The second-order valence-corrected chi connectivity index (χ2v) is 6.17. The van der Waals surface area contributed by atoms with E-state index in [1.54, 1.807) is 0 Å². The fraction of sp³-hybridized carbons (Fsp3) is 0.263. The Balaban J connectivity index is 0.00000192. The maximum absolute atomic E-state index is 10.0. The van der Waals surface area contributed by atoms with Crippen LogP contribution < -0.4 is 0 Å². The van der Waals surface area contributed by atoms with Gasteiger partial charge in [0.05, 0.1) is 5.02 Å². The zero-order valence-electron chi connectivity index (χ0n) is 12.9. The standard InChI is InChI=1S/C19H20ClNO.ClH/c1-2-9-21-10-8-15-11-18(20)19(22)12-16(15)17(13-21)14-6-4-3-5-7-14;/h2-7,11-12,17,22H,1,8-10,13H2;1H. The zero-order chi connectivity index (χ0) is 15.5. The Morgan fingerprint density at radius 3 is 2.70 bits per heavy atom. The number of phenols is 1. The number of fused-ring (bicyclic) bond motifs is 1. The molecule has 0 amide bonds. The summed E-state index contributed by atoms with van der Waals surface area (Å²) in [7, 11) is 0. The van der Waals surface area contributed by atoms with Crippen molar-refractivity contribution in [1.29, 1.82) is 0 Å². The van der Waals surface area contributed by atoms with Gasteiger partial charge in [0.1, 0.15) is 5.75 Å².